The molecule has 0 amide bonds. The summed E-state index contributed by atoms with van der Waals surface area (Å²) in [7, 11) is 2.78. The minimum atomic E-state index is -0.150. The number of halogens is 2. The maximum absolute atomic E-state index is 13.3. The van der Waals surface area contributed by atoms with Gasteiger partial charge in [0.15, 0.2) is 0 Å². The Morgan fingerprint density at radius 3 is 2.19 bits per heavy atom. The predicted molar refractivity (Wildman–Crippen MR) is 158 cm³/mol. The third kappa shape index (κ3) is 4.87. The van der Waals surface area contributed by atoms with Crippen molar-refractivity contribution in [3.8, 4) is 16.8 Å². The highest BCUT2D eigenvalue weighted by atomic mass is 35.5. The van der Waals surface area contributed by atoms with E-state index in [-0.39, 0.29) is 11.1 Å². The van der Waals surface area contributed by atoms with Crippen LogP contribution in [-0.4, -0.2) is 28.1 Å². The van der Waals surface area contributed by atoms with Gasteiger partial charge < -0.3 is 0 Å². The monoisotopic (exact) mass is 536 g/mol. The highest BCUT2D eigenvalue weighted by Gasteiger charge is 2.28. The van der Waals surface area contributed by atoms with Crippen LogP contribution in [0.1, 0.15) is 45.1 Å². The molecule has 36 heavy (non-hydrogen) atoms. The lowest BCUT2D eigenvalue weighted by Crippen LogP contribution is -2.45. The van der Waals surface area contributed by atoms with E-state index in [1.165, 1.54) is 5.56 Å². The summed E-state index contributed by atoms with van der Waals surface area (Å²) in [6, 6.07) is 21.8. The molecule has 6 heteroatoms. The molecule has 1 fully saturated rings. The van der Waals surface area contributed by atoms with Crippen LogP contribution in [0, 0.1) is 0 Å². The Morgan fingerprint density at radius 2 is 1.56 bits per heavy atom. The summed E-state index contributed by atoms with van der Waals surface area (Å²) in [6.07, 6.45) is 2.16. The maximum atomic E-state index is 13.3. The summed E-state index contributed by atoms with van der Waals surface area (Å²) in [5.41, 5.74) is 4.86. The van der Waals surface area contributed by atoms with Crippen LogP contribution < -0.4 is 10.9 Å². The molecule has 3 aromatic carbocycles. The van der Waals surface area contributed by atoms with Gasteiger partial charge in [-0.05, 0) is 105 Å². The van der Waals surface area contributed by atoms with Crippen molar-refractivity contribution in [2.45, 2.75) is 45.1 Å². The van der Waals surface area contributed by atoms with Crippen LogP contribution in [0.2, 0.25) is 10.0 Å². The molecule has 1 aliphatic heterocycles. The molecule has 0 N–H and O–H groups in total. The fourth-order valence-corrected chi connectivity index (χ4v) is 6.22. The second kappa shape index (κ2) is 9.95. The van der Waals surface area contributed by atoms with E-state index in [1.807, 2.05) is 6.07 Å². The molecular weight excluding hydrogens is 506 g/mol. The average molecular weight is 537 g/mol. The molecule has 1 aliphatic rings. The Bertz CT molecular complexity index is 1480. The third-order valence-electron chi connectivity index (χ3n) is 7.31. The summed E-state index contributed by atoms with van der Waals surface area (Å²) in [5.74, 6) is 0.413. The second-order valence-electron chi connectivity index (χ2n) is 10.6. The molecule has 0 saturated carbocycles. The quantitative estimate of drug-likeness (QED) is 0.254. The van der Waals surface area contributed by atoms with E-state index in [0.717, 1.165) is 53.3 Å². The minimum absolute atomic E-state index is 0.150. The summed E-state index contributed by atoms with van der Waals surface area (Å²) in [5, 5.41) is 3.02. The van der Waals surface area contributed by atoms with Gasteiger partial charge in [0.1, 0.15) is 0 Å². The van der Waals surface area contributed by atoms with Gasteiger partial charge in [-0.25, -0.2) is 0 Å². The normalized spacial score (nSPS) is 15.5. The van der Waals surface area contributed by atoms with E-state index in [1.54, 1.807) is 28.8 Å². The summed E-state index contributed by atoms with van der Waals surface area (Å²) in [6.45, 7) is 8.96. The molecule has 1 aromatic heterocycles. The van der Waals surface area contributed by atoms with Crippen LogP contribution in [0.15, 0.2) is 71.5 Å². The topological polar surface area (TPSA) is 25.2 Å². The van der Waals surface area contributed by atoms with Gasteiger partial charge in [0.25, 0.3) is 5.56 Å². The van der Waals surface area contributed by atoms with E-state index in [9.17, 15) is 4.79 Å². The van der Waals surface area contributed by atoms with Crippen molar-refractivity contribution in [3.63, 3.8) is 0 Å². The van der Waals surface area contributed by atoms with Gasteiger partial charge in [-0.2, -0.15) is 0 Å². The zero-order valence-electron chi connectivity index (χ0n) is 20.9. The maximum Gasteiger partial charge on any atom is 0.255 e. The van der Waals surface area contributed by atoms with E-state index >= 15 is 0 Å². The number of hydrogen-bond donors (Lipinski definition) is 0. The fraction of sp³-hybridized carbons (Fsp3) is 0.300. The van der Waals surface area contributed by atoms with Crippen molar-refractivity contribution in [1.29, 1.82) is 0 Å². The molecule has 4 aromatic rings. The van der Waals surface area contributed by atoms with E-state index in [4.69, 9.17) is 23.2 Å². The van der Waals surface area contributed by atoms with Gasteiger partial charge in [0, 0.05) is 17.0 Å². The van der Waals surface area contributed by atoms with Crippen LogP contribution >= 0.6 is 32.4 Å². The lowest BCUT2D eigenvalue weighted by atomic mass is 9.85. The van der Waals surface area contributed by atoms with E-state index in [2.05, 4.69) is 71.3 Å². The fourth-order valence-electron chi connectivity index (χ4n) is 5.37. The molecule has 5 rings (SSSR count). The summed E-state index contributed by atoms with van der Waals surface area (Å²) in [4.78, 5) is 15.9. The Morgan fingerprint density at radius 1 is 0.889 bits per heavy atom. The second-order valence-corrected chi connectivity index (χ2v) is 12.1. The van der Waals surface area contributed by atoms with Gasteiger partial charge in [-0.15, -0.1) is 9.24 Å². The standard InChI is InChI=1S/C30H31Cl2N2OP/c1-30(2,3)33-14-12-19(13-15-33)21-17-24(20-6-4-7-22(36)16-20)23-10-11-28(35)34(27(23)18-21)29-25(31)8-5-9-26(29)32/h4-11,16-19H,12-15,36H2,1-3H3. The van der Waals surface area contributed by atoms with Gasteiger partial charge in [-0.3, -0.25) is 14.3 Å². The molecule has 1 saturated heterocycles. The van der Waals surface area contributed by atoms with Crippen molar-refractivity contribution < 1.29 is 0 Å². The first-order valence-corrected chi connectivity index (χ1v) is 13.7. The summed E-state index contributed by atoms with van der Waals surface area (Å²) >= 11 is 13.2. The third-order valence-corrected chi connectivity index (χ3v) is 8.28. The molecule has 2 heterocycles. The van der Waals surface area contributed by atoms with Gasteiger partial charge in [0.2, 0.25) is 0 Å². The predicted octanol–water partition coefficient (Wildman–Crippen LogP) is 7.44. The highest BCUT2D eigenvalue weighted by molar-refractivity contribution is 7.27. The van der Waals surface area contributed by atoms with Gasteiger partial charge in [-0.1, -0.05) is 53.5 Å². The van der Waals surface area contributed by atoms with Crippen LogP contribution in [0.3, 0.4) is 0 Å². The molecule has 0 aliphatic carbocycles. The number of hydrogen-bond acceptors (Lipinski definition) is 2. The average Bonchev–Trinajstić information content (AvgIpc) is 2.84. The lowest BCUT2D eigenvalue weighted by molar-refractivity contribution is 0.102. The van der Waals surface area contributed by atoms with Gasteiger partial charge in [0.05, 0.1) is 21.2 Å². The Kier molecular flexibility index (Phi) is 7.05. The van der Waals surface area contributed by atoms with Crippen LogP contribution in [0.5, 0.6) is 0 Å². The van der Waals surface area contributed by atoms with Crippen molar-refractivity contribution in [1.82, 2.24) is 9.47 Å². The molecule has 3 nitrogen and oxygen atoms in total. The molecular formula is C30H31Cl2N2OP. The SMILES string of the molecule is CC(C)(C)N1CCC(c2cc(-c3cccc(P)c3)c3ccc(=O)n(-c4c(Cl)cccc4Cl)c3c2)CC1. The zero-order valence-corrected chi connectivity index (χ0v) is 23.6. The largest absolute Gasteiger partial charge is 0.298 e. The number of piperidine rings is 1. The Labute approximate surface area is 225 Å². The van der Waals surface area contributed by atoms with Crippen molar-refractivity contribution in [3.05, 3.63) is 92.7 Å². The number of aromatic nitrogens is 1. The number of nitrogens with zero attached hydrogens (tertiary/aromatic N) is 2. The first-order valence-electron chi connectivity index (χ1n) is 12.4. The minimum Gasteiger partial charge on any atom is -0.298 e. The Balaban J connectivity index is 1.75. The van der Waals surface area contributed by atoms with Crippen LogP contribution in [0.4, 0.5) is 0 Å². The molecule has 1 unspecified atom stereocenters. The number of para-hydroxylation sites is 1. The number of pyridine rings is 1. The Hall–Kier alpha value is -2.16. The van der Waals surface area contributed by atoms with Crippen molar-refractivity contribution in [2.75, 3.05) is 13.1 Å². The molecule has 0 bridgehead atoms. The highest BCUT2D eigenvalue weighted by Crippen LogP contribution is 2.38. The smallest absolute Gasteiger partial charge is 0.255 e. The number of benzene rings is 3. The number of rotatable bonds is 3. The van der Waals surface area contributed by atoms with E-state index in [0.29, 0.717) is 21.7 Å². The lowest BCUT2D eigenvalue weighted by Gasteiger charge is -2.41. The van der Waals surface area contributed by atoms with Crippen molar-refractivity contribution >= 4 is 48.6 Å². The van der Waals surface area contributed by atoms with Crippen LogP contribution in [-0.2, 0) is 0 Å². The van der Waals surface area contributed by atoms with E-state index < -0.39 is 0 Å². The first kappa shape index (κ1) is 25.5. The summed E-state index contributed by atoms with van der Waals surface area (Å²) < 4.78 is 1.68. The molecule has 186 valence electrons. The molecule has 0 radical (unpaired) electrons. The number of fused-ring (bicyclic) bond motifs is 1. The number of likely N-dealkylation sites (tertiary alicyclic amines) is 1. The van der Waals surface area contributed by atoms with Gasteiger partial charge >= 0.3 is 0 Å². The van der Waals surface area contributed by atoms with Crippen LogP contribution in [0.25, 0.3) is 27.7 Å². The molecule has 1 atom stereocenters. The molecule has 0 spiro atoms. The van der Waals surface area contributed by atoms with Crippen molar-refractivity contribution in [2.24, 2.45) is 0 Å². The first-order chi connectivity index (χ1) is 17.1. The zero-order chi connectivity index (χ0) is 25.6.